The zero-order chi connectivity index (χ0) is 48.8. The van der Waals surface area contributed by atoms with Crippen molar-refractivity contribution >= 4 is 69.6 Å². The average molecular weight is 979 g/mol. The Kier molecular flexibility index (Phi) is 11.3. The van der Waals surface area contributed by atoms with Crippen molar-refractivity contribution in [2.45, 2.75) is 95.5 Å². The van der Waals surface area contributed by atoms with Gasteiger partial charge < -0.3 is 29.5 Å². The quantitative estimate of drug-likeness (QED) is 0.183. The van der Waals surface area contributed by atoms with Crippen LogP contribution in [-0.2, 0) is 42.5 Å². The second-order valence-corrected chi connectivity index (χ2v) is 20.9. The van der Waals surface area contributed by atoms with E-state index in [0.29, 0.717) is 59.0 Å². The highest BCUT2D eigenvalue weighted by molar-refractivity contribution is 7.14. The fourth-order valence-corrected chi connectivity index (χ4v) is 13.6. The van der Waals surface area contributed by atoms with Crippen LogP contribution in [0.25, 0.3) is 11.1 Å². The van der Waals surface area contributed by atoms with Crippen molar-refractivity contribution in [3.8, 4) is 16.9 Å². The number of fused-ring (bicyclic) bond motifs is 8. The first-order valence-corrected chi connectivity index (χ1v) is 25.5. The number of carbonyl (C=O) groups excluding carboxylic acids is 5. The minimum atomic E-state index is -1.04. The molecule has 3 fully saturated rings. The lowest BCUT2D eigenvalue weighted by Gasteiger charge is -2.50. The second kappa shape index (κ2) is 17.7. The number of thiophene rings is 1. The lowest BCUT2D eigenvalue weighted by Crippen LogP contribution is -2.59. The van der Waals surface area contributed by atoms with Gasteiger partial charge in [-0.3, -0.25) is 48.8 Å². The van der Waals surface area contributed by atoms with Gasteiger partial charge in [0.25, 0.3) is 23.3 Å². The van der Waals surface area contributed by atoms with E-state index in [1.165, 1.54) is 20.6 Å². The van der Waals surface area contributed by atoms with Crippen LogP contribution in [0.2, 0.25) is 0 Å². The fourth-order valence-electron chi connectivity index (χ4n) is 12.2. The zero-order valence-corrected chi connectivity index (χ0v) is 40.4. The van der Waals surface area contributed by atoms with E-state index in [1.807, 2.05) is 30.5 Å². The molecule has 0 bridgehead atoms. The number of rotatable bonds is 8. The molecule has 7 aliphatic rings. The highest BCUT2D eigenvalue weighted by Gasteiger charge is 2.49. The molecule has 1 aromatic carbocycles. The minimum Gasteiger partial charge on any atom is -0.488 e. The smallest absolute Gasteiger partial charge is 0.274 e. The summed E-state index contributed by atoms with van der Waals surface area (Å²) in [6.45, 7) is 6.00. The molecular formula is C52H54N10O8S. The van der Waals surface area contributed by atoms with Crippen LogP contribution in [0.3, 0.4) is 0 Å². The van der Waals surface area contributed by atoms with Crippen molar-refractivity contribution < 1.29 is 33.8 Å². The van der Waals surface area contributed by atoms with Crippen molar-refractivity contribution in [2.24, 2.45) is 7.05 Å². The molecule has 4 aromatic heterocycles. The highest BCUT2D eigenvalue weighted by atomic mass is 32.1. The Morgan fingerprint density at radius 2 is 1.72 bits per heavy atom. The molecule has 3 saturated heterocycles. The van der Waals surface area contributed by atoms with Crippen molar-refractivity contribution in [1.82, 2.24) is 29.7 Å². The number of imide groups is 2. The summed E-state index contributed by atoms with van der Waals surface area (Å²) in [5.74, 6) is -0.907. The van der Waals surface area contributed by atoms with Gasteiger partial charge in [0, 0.05) is 86.7 Å². The molecule has 4 atom stereocenters. The molecule has 10 heterocycles. The van der Waals surface area contributed by atoms with Gasteiger partial charge in [0.05, 0.1) is 46.2 Å². The number of hydrogen-bond acceptors (Lipinski definition) is 15. The third kappa shape index (κ3) is 7.58. The molecule has 3 unspecified atom stereocenters. The Bertz CT molecular complexity index is 3130. The maximum absolute atomic E-state index is 14.0. The summed E-state index contributed by atoms with van der Waals surface area (Å²) < 4.78 is 7.84. The molecule has 3 N–H and O–H groups in total. The van der Waals surface area contributed by atoms with Crippen molar-refractivity contribution in [3.05, 3.63) is 103 Å². The molecule has 5 aromatic rings. The van der Waals surface area contributed by atoms with E-state index >= 15 is 0 Å². The van der Waals surface area contributed by atoms with Gasteiger partial charge in [0.2, 0.25) is 11.8 Å². The SMILES string of the molecule is C[C@H]1CN(C2CCN3c4ccc5c(c4OCC3C2)C(=O)N(C2CCC(=O)NC2=O)C5=O)CCN1c1ccc(Nc2cc(-c3ccnc(N4CCc5c(sc6c5CCCC6)C4=O)c3CO)cn(C)c2=O)nc1. The molecule has 5 amide bonds. The molecule has 19 heteroatoms. The first kappa shape index (κ1) is 45.2. The number of amides is 5. The molecule has 12 rings (SSSR count). The van der Waals surface area contributed by atoms with E-state index in [0.717, 1.165) is 92.3 Å². The lowest BCUT2D eigenvalue weighted by molar-refractivity contribution is -0.136. The second-order valence-electron chi connectivity index (χ2n) is 19.8. The normalized spacial score (nSPS) is 23.2. The van der Waals surface area contributed by atoms with Crippen molar-refractivity contribution in [3.63, 3.8) is 0 Å². The van der Waals surface area contributed by atoms with Crippen LogP contribution in [-0.4, -0.2) is 122 Å². The van der Waals surface area contributed by atoms with Crippen LogP contribution in [0, 0.1) is 0 Å². The molecule has 6 aliphatic heterocycles. The van der Waals surface area contributed by atoms with E-state index in [4.69, 9.17) is 9.72 Å². The Morgan fingerprint density at radius 1 is 0.859 bits per heavy atom. The number of piperidine rings is 2. The number of piperazine rings is 1. The summed E-state index contributed by atoms with van der Waals surface area (Å²) >= 11 is 1.62. The topological polar surface area (TPSA) is 203 Å². The average Bonchev–Trinajstić information content (AvgIpc) is 3.89. The third-order valence-electron chi connectivity index (χ3n) is 15.7. The Hall–Kier alpha value is -6.96. The van der Waals surface area contributed by atoms with E-state index < -0.39 is 29.7 Å². The Labute approximate surface area is 413 Å². The van der Waals surface area contributed by atoms with E-state index in [2.05, 4.69) is 37.2 Å². The summed E-state index contributed by atoms with van der Waals surface area (Å²) in [5, 5.41) is 16.3. The third-order valence-corrected chi connectivity index (χ3v) is 17.0. The van der Waals surface area contributed by atoms with Gasteiger partial charge in [-0.15, -0.1) is 11.3 Å². The number of carbonyl (C=O) groups is 5. The zero-order valence-electron chi connectivity index (χ0n) is 39.6. The molecule has 18 nitrogen and oxygen atoms in total. The van der Waals surface area contributed by atoms with E-state index in [-0.39, 0.29) is 54.1 Å². The first-order chi connectivity index (χ1) is 34.4. The summed E-state index contributed by atoms with van der Waals surface area (Å²) in [5.41, 5.74) is 6.69. The molecule has 71 heavy (non-hydrogen) atoms. The van der Waals surface area contributed by atoms with Crippen molar-refractivity contribution in [2.75, 3.05) is 59.3 Å². The number of aliphatic hydroxyl groups excluding tert-OH is 1. The van der Waals surface area contributed by atoms with Crippen LogP contribution in [0.5, 0.6) is 5.75 Å². The molecule has 1 aliphatic carbocycles. The predicted octanol–water partition coefficient (Wildman–Crippen LogP) is 4.56. The fraction of sp³-hybridized carbons (Fsp3) is 0.423. The largest absolute Gasteiger partial charge is 0.488 e. The maximum atomic E-state index is 14.0. The van der Waals surface area contributed by atoms with Gasteiger partial charge in [0.15, 0.2) is 5.75 Å². The van der Waals surface area contributed by atoms with Gasteiger partial charge in [-0.05, 0) is 111 Å². The number of aryl methyl sites for hydroxylation is 2. The molecule has 366 valence electrons. The summed E-state index contributed by atoms with van der Waals surface area (Å²) in [6.07, 6.45) is 12.3. The standard InChI is InChI=1S/C52H54N10O8S/c1-28-24-58(30-14-17-60-32(22-30)27-70-45-39(60)9-8-36-44(45)51(68)62(49(36)66)40-10-12-43(64)56-48(40)65)19-20-59(28)31-7-11-42(54-23-31)55-38-21-29(25-57(2)50(38)67)33-13-16-53-47(37(33)26-63)61-18-15-35-34-5-3-4-6-41(34)71-46(35)52(61)69/h7-9,11,13,16,21,23,25,28,30,32,40,63H,3-6,10,12,14-15,17-20,22,24,26-27H2,1-2H3,(H,54,55)(H,56,64,65)/t28-,30?,32?,40?/m0/s1. The number of aromatic nitrogens is 3. The highest BCUT2D eigenvalue weighted by Crippen LogP contribution is 2.46. The number of ether oxygens (including phenoxy) is 1. The first-order valence-electron chi connectivity index (χ1n) is 24.7. The van der Waals surface area contributed by atoms with Crippen LogP contribution < -0.4 is 35.6 Å². The number of nitrogens with one attached hydrogen (secondary N) is 2. The van der Waals surface area contributed by atoms with Gasteiger partial charge in [-0.1, -0.05) is 0 Å². The van der Waals surface area contributed by atoms with Crippen molar-refractivity contribution in [1.29, 1.82) is 0 Å². The summed E-state index contributed by atoms with van der Waals surface area (Å²) in [6, 6.07) is 10.5. The maximum Gasteiger partial charge on any atom is 0.274 e. The lowest BCUT2D eigenvalue weighted by atomic mass is 9.92. The molecule has 0 spiro atoms. The number of aliphatic hydroxyl groups is 1. The van der Waals surface area contributed by atoms with Crippen LogP contribution in [0.1, 0.15) is 97.4 Å². The monoisotopic (exact) mass is 978 g/mol. The minimum absolute atomic E-state index is 0.0565. The molecular weight excluding hydrogens is 925 g/mol. The predicted molar refractivity (Wildman–Crippen MR) is 266 cm³/mol. The van der Waals surface area contributed by atoms with Crippen LogP contribution >= 0.6 is 11.3 Å². The summed E-state index contributed by atoms with van der Waals surface area (Å²) in [4.78, 5) is 101. The van der Waals surface area contributed by atoms with Gasteiger partial charge >= 0.3 is 0 Å². The van der Waals surface area contributed by atoms with Gasteiger partial charge in [0.1, 0.15) is 30.0 Å². The number of hydrogen-bond donors (Lipinski definition) is 3. The Balaban J connectivity index is 0.695. The van der Waals surface area contributed by atoms with Gasteiger partial charge in [-0.25, -0.2) is 9.97 Å². The summed E-state index contributed by atoms with van der Waals surface area (Å²) in [7, 11) is 1.69. The Morgan fingerprint density at radius 3 is 2.52 bits per heavy atom. The van der Waals surface area contributed by atoms with E-state index in [1.54, 1.807) is 47.8 Å². The van der Waals surface area contributed by atoms with Crippen LogP contribution in [0.15, 0.2) is 59.8 Å². The number of anilines is 5. The van der Waals surface area contributed by atoms with Crippen LogP contribution in [0.4, 0.5) is 28.7 Å². The number of pyridine rings is 3. The number of benzene rings is 1. The van der Waals surface area contributed by atoms with Gasteiger partial charge in [-0.2, -0.15) is 0 Å². The number of nitrogens with zero attached hydrogens (tertiary/aromatic N) is 8. The molecule has 0 radical (unpaired) electrons. The van der Waals surface area contributed by atoms with E-state index in [9.17, 15) is 33.9 Å². The molecule has 0 saturated carbocycles.